The zero-order valence-electron chi connectivity index (χ0n) is 11.0. The minimum Gasteiger partial charge on any atom is -0.361 e. The van der Waals surface area contributed by atoms with Gasteiger partial charge in [-0.15, -0.1) is 0 Å². The summed E-state index contributed by atoms with van der Waals surface area (Å²) < 4.78 is 26.2. The van der Waals surface area contributed by atoms with Gasteiger partial charge in [0.15, 0.2) is 11.1 Å². The van der Waals surface area contributed by atoms with Crippen LogP contribution in [0.5, 0.6) is 0 Å². The maximum atomic E-state index is 11.6. The van der Waals surface area contributed by atoms with Gasteiger partial charge in [0.25, 0.3) is 0 Å². The molecule has 0 spiro atoms. The molecule has 102 valence electrons. The maximum absolute atomic E-state index is 11.6. The van der Waals surface area contributed by atoms with Gasteiger partial charge in [0, 0.05) is 17.1 Å². The van der Waals surface area contributed by atoms with Crippen LogP contribution in [0.25, 0.3) is 22.0 Å². The molecule has 1 N–H and O–H groups in total. The van der Waals surface area contributed by atoms with Gasteiger partial charge in [-0.05, 0) is 43.7 Å². The molecule has 0 saturated heterocycles. The average molecular weight is 288 g/mol. The summed E-state index contributed by atoms with van der Waals surface area (Å²) in [6, 6.07) is 7.09. The summed E-state index contributed by atoms with van der Waals surface area (Å²) in [4.78, 5) is 4.60. The van der Waals surface area contributed by atoms with Gasteiger partial charge in [0.05, 0.1) is 16.1 Å². The Morgan fingerprint density at radius 2 is 2.10 bits per heavy atom. The standard InChI is InChI=1S/C14H12N2O3S/c1-8-14(9(2)19-16-8)10-6-12-11(4-3-5-15-12)13(7-10)20(17)18/h3-7H,1-2H3,(H,17,18). The van der Waals surface area contributed by atoms with Gasteiger partial charge in [-0.1, -0.05) is 5.16 Å². The Morgan fingerprint density at radius 1 is 1.30 bits per heavy atom. The molecule has 0 fully saturated rings. The van der Waals surface area contributed by atoms with Crippen LogP contribution in [0.3, 0.4) is 0 Å². The fourth-order valence-electron chi connectivity index (χ4n) is 2.33. The molecule has 2 heterocycles. The van der Waals surface area contributed by atoms with Crippen LogP contribution in [0.15, 0.2) is 39.9 Å². The van der Waals surface area contributed by atoms with Crippen molar-refractivity contribution in [3.8, 4) is 11.1 Å². The third-order valence-corrected chi connectivity index (χ3v) is 3.91. The summed E-state index contributed by atoms with van der Waals surface area (Å²) in [7, 11) is 0. The predicted octanol–water partition coefficient (Wildman–Crippen LogP) is 3.09. The maximum Gasteiger partial charge on any atom is 0.187 e. The van der Waals surface area contributed by atoms with E-state index < -0.39 is 11.1 Å². The summed E-state index contributed by atoms with van der Waals surface area (Å²) in [6.07, 6.45) is 1.66. The topological polar surface area (TPSA) is 76.2 Å². The summed E-state index contributed by atoms with van der Waals surface area (Å²) >= 11 is -2.08. The first-order chi connectivity index (χ1) is 9.58. The van der Waals surface area contributed by atoms with Crippen LogP contribution in [0.2, 0.25) is 0 Å². The van der Waals surface area contributed by atoms with E-state index in [0.717, 1.165) is 16.8 Å². The van der Waals surface area contributed by atoms with E-state index in [0.29, 0.717) is 21.6 Å². The molecule has 0 radical (unpaired) electrons. The van der Waals surface area contributed by atoms with Crippen molar-refractivity contribution >= 4 is 22.0 Å². The highest BCUT2D eigenvalue weighted by Gasteiger charge is 2.16. The number of fused-ring (bicyclic) bond motifs is 1. The second-order valence-electron chi connectivity index (χ2n) is 4.49. The third kappa shape index (κ3) is 2.03. The molecule has 1 aromatic carbocycles. The monoisotopic (exact) mass is 288 g/mol. The van der Waals surface area contributed by atoms with Gasteiger partial charge in [-0.2, -0.15) is 0 Å². The van der Waals surface area contributed by atoms with Gasteiger partial charge in [0.2, 0.25) is 0 Å². The molecular formula is C14H12N2O3S. The fourth-order valence-corrected chi connectivity index (χ4v) is 2.92. The van der Waals surface area contributed by atoms with E-state index in [1.807, 2.05) is 19.9 Å². The second-order valence-corrected chi connectivity index (χ2v) is 5.43. The average Bonchev–Trinajstić information content (AvgIpc) is 2.77. The molecule has 0 saturated carbocycles. The van der Waals surface area contributed by atoms with Crippen LogP contribution in [0.1, 0.15) is 11.5 Å². The molecule has 0 aliphatic rings. The molecule has 0 amide bonds. The van der Waals surface area contributed by atoms with Crippen molar-refractivity contribution in [3.05, 3.63) is 41.9 Å². The Labute approximate surface area is 117 Å². The lowest BCUT2D eigenvalue weighted by Crippen LogP contribution is -1.94. The summed E-state index contributed by atoms with van der Waals surface area (Å²) in [5.41, 5.74) is 3.03. The zero-order valence-corrected chi connectivity index (χ0v) is 11.8. The molecule has 6 heteroatoms. The van der Waals surface area contributed by atoms with E-state index in [1.54, 1.807) is 24.4 Å². The number of aromatic nitrogens is 2. The zero-order chi connectivity index (χ0) is 14.3. The number of aryl methyl sites for hydroxylation is 2. The SMILES string of the molecule is Cc1noc(C)c1-c1cc(S(=O)O)c2cccnc2c1. The van der Waals surface area contributed by atoms with Gasteiger partial charge < -0.3 is 9.08 Å². The summed E-state index contributed by atoms with van der Waals surface area (Å²) in [5.74, 6) is 0.674. The van der Waals surface area contributed by atoms with Crippen molar-refractivity contribution in [1.82, 2.24) is 10.1 Å². The lowest BCUT2D eigenvalue weighted by atomic mass is 10.0. The van der Waals surface area contributed by atoms with E-state index in [1.165, 1.54) is 0 Å². The van der Waals surface area contributed by atoms with Crippen molar-refractivity contribution in [2.75, 3.05) is 0 Å². The van der Waals surface area contributed by atoms with Gasteiger partial charge in [0.1, 0.15) is 5.76 Å². The Balaban J connectivity index is 2.36. The Kier molecular flexibility index (Phi) is 3.11. The molecule has 3 rings (SSSR count). The quantitative estimate of drug-likeness (QED) is 0.733. The Hall–Kier alpha value is -2.05. The molecule has 0 bridgehead atoms. The molecule has 1 unspecified atom stereocenters. The molecule has 5 nitrogen and oxygen atoms in total. The number of rotatable bonds is 2. The largest absolute Gasteiger partial charge is 0.361 e. The number of pyridine rings is 1. The van der Waals surface area contributed by atoms with Crippen LogP contribution >= 0.6 is 0 Å². The van der Waals surface area contributed by atoms with Crippen molar-refractivity contribution in [3.63, 3.8) is 0 Å². The first-order valence-electron chi connectivity index (χ1n) is 6.01. The van der Waals surface area contributed by atoms with Crippen LogP contribution < -0.4 is 0 Å². The minimum atomic E-state index is -2.08. The lowest BCUT2D eigenvalue weighted by molar-refractivity contribution is 0.393. The van der Waals surface area contributed by atoms with Gasteiger partial charge in [-0.3, -0.25) is 4.98 Å². The van der Waals surface area contributed by atoms with Crippen molar-refractivity contribution in [1.29, 1.82) is 0 Å². The number of benzene rings is 1. The van der Waals surface area contributed by atoms with E-state index in [9.17, 15) is 8.76 Å². The number of hydrogen-bond donors (Lipinski definition) is 1. The highest BCUT2D eigenvalue weighted by molar-refractivity contribution is 7.79. The number of hydrogen-bond acceptors (Lipinski definition) is 4. The lowest BCUT2D eigenvalue weighted by Gasteiger charge is -2.07. The molecule has 1 atom stereocenters. The molecule has 3 aromatic rings. The van der Waals surface area contributed by atoms with Crippen molar-refractivity contribution in [2.45, 2.75) is 18.7 Å². The number of nitrogens with zero attached hydrogens (tertiary/aromatic N) is 2. The normalized spacial score (nSPS) is 12.8. The highest BCUT2D eigenvalue weighted by Crippen LogP contribution is 2.32. The first-order valence-corrected chi connectivity index (χ1v) is 7.11. The predicted molar refractivity (Wildman–Crippen MR) is 75.8 cm³/mol. The third-order valence-electron chi connectivity index (χ3n) is 3.19. The Morgan fingerprint density at radius 3 is 2.75 bits per heavy atom. The second kappa shape index (κ2) is 4.81. The van der Waals surface area contributed by atoms with E-state index in [2.05, 4.69) is 10.1 Å². The van der Waals surface area contributed by atoms with Crippen LogP contribution in [0.4, 0.5) is 0 Å². The Bertz CT molecular complexity index is 807. The van der Waals surface area contributed by atoms with Crippen molar-refractivity contribution < 1.29 is 13.3 Å². The van der Waals surface area contributed by atoms with Crippen LogP contribution in [-0.4, -0.2) is 18.9 Å². The molecule has 0 aliphatic carbocycles. The summed E-state index contributed by atoms with van der Waals surface area (Å²) in [5, 5.41) is 4.58. The molecule has 20 heavy (non-hydrogen) atoms. The first kappa shape index (κ1) is 13.0. The van der Waals surface area contributed by atoms with E-state index in [-0.39, 0.29) is 0 Å². The van der Waals surface area contributed by atoms with E-state index in [4.69, 9.17) is 4.52 Å². The van der Waals surface area contributed by atoms with E-state index >= 15 is 0 Å². The van der Waals surface area contributed by atoms with Gasteiger partial charge in [-0.25, -0.2) is 4.21 Å². The van der Waals surface area contributed by atoms with Crippen molar-refractivity contribution in [2.24, 2.45) is 0 Å². The highest BCUT2D eigenvalue weighted by atomic mass is 32.2. The smallest absolute Gasteiger partial charge is 0.187 e. The minimum absolute atomic E-state index is 0.339. The van der Waals surface area contributed by atoms with Crippen LogP contribution in [-0.2, 0) is 11.1 Å². The van der Waals surface area contributed by atoms with Gasteiger partial charge >= 0.3 is 0 Å². The summed E-state index contributed by atoms with van der Waals surface area (Å²) in [6.45, 7) is 3.65. The molecule has 0 aliphatic heterocycles. The molecular weight excluding hydrogens is 276 g/mol. The molecule has 2 aromatic heterocycles. The van der Waals surface area contributed by atoms with Crippen LogP contribution in [0, 0.1) is 13.8 Å². The fraction of sp³-hybridized carbons (Fsp3) is 0.143.